The van der Waals surface area contributed by atoms with Crippen LogP contribution in [0.1, 0.15) is 5.56 Å². The van der Waals surface area contributed by atoms with Gasteiger partial charge in [-0.1, -0.05) is 98.2 Å². The Morgan fingerprint density at radius 3 is 2.04 bits per heavy atom. The van der Waals surface area contributed by atoms with Gasteiger partial charge < -0.3 is 4.74 Å². The Kier molecular flexibility index (Phi) is 6.36. The molecule has 0 bridgehead atoms. The minimum Gasteiger partial charge on any atom is -0.488 e. The minimum absolute atomic E-state index is 0.239. The summed E-state index contributed by atoms with van der Waals surface area (Å²) in [7, 11) is -2.68. The fraction of sp³-hybridized carbons (Fsp3) is 0.368. The molecule has 0 radical (unpaired) electrons. The lowest BCUT2D eigenvalue weighted by atomic mass is 10.2. The number of hydrogen-bond donors (Lipinski definition) is 0. The van der Waals surface area contributed by atoms with Gasteiger partial charge in [0.2, 0.25) is 0 Å². The summed E-state index contributed by atoms with van der Waals surface area (Å²) in [5.41, 5.74) is 1.19. The van der Waals surface area contributed by atoms with Crippen molar-refractivity contribution in [3.05, 3.63) is 48.0 Å². The topological polar surface area (TPSA) is 9.23 Å². The number of rotatable bonds is 6. The molecule has 0 heterocycles. The Labute approximate surface area is 155 Å². The summed E-state index contributed by atoms with van der Waals surface area (Å²) < 4.78 is 6.31. The van der Waals surface area contributed by atoms with Crippen LogP contribution in [0.5, 0.6) is 5.75 Å². The molecular formula is C19H28ClOPSi2. The fourth-order valence-electron chi connectivity index (χ4n) is 2.57. The highest BCUT2D eigenvalue weighted by Gasteiger charge is 2.27. The van der Waals surface area contributed by atoms with E-state index >= 15 is 0 Å². The number of hydrogen-bond acceptors (Lipinski definition) is 1. The highest BCUT2D eigenvalue weighted by atomic mass is 35.7. The zero-order valence-electron chi connectivity index (χ0n) is 15.5. The minimum atomic E-state index is -1.53. The molecule has 2 rings (SSSR count). The average molecular weight is 395 g/mol. The smallest absolute Gasteiger partial charge is 0.127 e. The van der Waals surface area contributed by atoms with Crippen LogP contribution < -0.4 is 20.4 Å². The van der Waals surface area contributed by atoms with Gasteiger partial charge in [0, 0.05) is 13.2 Å². The normalized spacial score (nSPS) is 12.8. The van der Waals surface area contributed by atoms with E-state index in [-0.39, 0.29) is 7.93 Å². The quantitative estimate of drug-likeness (QED) is 0.504. The molecule has 2 aromatic rings. The molecule has 0 aromatic heterocycles. The van der Waals surface area contributed by atoms with E-state index in [9.17, 15) is 0 Å². The molecule has 24 heavy (non-hydrogen) atoms. The second-order valence-corrected chi connectivity index (χ2v) is 19.7. The molecule has 0 aliphatic carbocycles. The van der Waals surface area contributed by atoms with E-state index in [1.807, 2.05) is 6.07 Å². The molecular weight excluding hydrogens is 367 g/mol. The standard InChI is InChI=1S/C19H28ClOPSi2/c1-23(2,3)16-12-17(22-20)19(18(13-16)24(4,5)6)21-14-15-10-8-7-9-11-15/h7-13,22H,14H2,1-6H3. The molecule has 0 N–H and O–H groups in total. The van der Waals surface area contributed by atoms with Gasteiger partial charge in [-0.15, -0.1) is 0 Å². The van der Waals surface area contributed by atoms with Gasteiger partial charge >= 0.3 is 0 Å². The number of halogens is 1. The Morgan fingerprint density at radius 2 is 1.54 bits per heavy atom. The third kappa shape index (κ3) is 4.95. The van der Waals surface area contributed by atoms with E-state index < -0.39 is 16.1 Å². The summed E-state index contributed by atoms with van der Waals surface area (Å²) in [6.07, 6.45) is 0. The lowest BCUT2D eigenvalue weighted by Crippen LogP contribution is -2.47. The number of benzene rings is 2. The SMILES string of the molecule is C[Si](C)(C)c1cc(PCl)c(OCc2ccccc2)c([Si](C)(C)C)c1. The molecule has 0 aliphatic heterocycles. The molecule has 1 unspecified atom stereocenters. The molecule has 0 amide bonds. The van der Waals surface area contributed by atoms with Crippen molar-refractivity contribution in [3.8, 4) is 5.75 Å². The van der Waals surface area contributed by atoms with Crippen molar-refractivity contribution in [2.75, 3.05) is 0 Å². The van der Waals surface area contributed by atoms with Crippen LogP contribution in [0.2, 0.25) is 39.3 Å². The second kappa shape index (κ2) is 7.74. The van der Waals surface area contributed by atoms with Crippen molar-refractivity contribution in [1.82, 2.24) is 0 Å². The summed E-state index contributed by atoms with van der Waals surface area (Å²) in [5, 5.41) is 4.06. The molecule has 5 heteroatoms. The molecule has 0 saturated carbocycles. The summed E-state index contributed by atoms with van der Waals surface area (Å²) in [5.74, 6) is 1.04. The van der Waals surface area contributed by atoms with E-state index in [2.05, 4.69) is 75.7 Å². The Bertz CT molecular complexity index is 691. The predicted molar refractivity (Wildman–Crippen MR) is 117 cm³/mol. The van der Waals surface area contributed by atoms with Gasteiger partial charge in [0.1, 0.15) is 12.4 Å². The summed E-state index contributed by atoms with van der Waals surface area (Å²) in [6.45, 7) is 14.9. The van der Waals surface area contributed by atoms with Crippen molar-refractivity contribution in [1.29, 1.82) is 0 Å². The Morgan fingerprint density at radius 1 is 0.917 bits per heavy atom. The maximum absolute atomic E-state index is 6.34. The lowest BCUT2D eigenvalue weighted by molar-refractivity contribution is 0.311. The Balaban J connectivity index is 2.48. The average Bonchev–Trinajstić information content (AvgIpc) is 2.51. The molecule has 0 saturated heterocycles. The summed E-state index contributed by atoms with van der Waals surface area (Å²) >= 11 is 6.34. The second-order valence-electron chi connectivity index (χ2n) is 8.27. The fourth-order valence-corrected chi connectivity index (χ4v) is 6.54. The molecule has 2 aromatic carbocycles. The first-order valence-electron chi connectivity index (χ1n) is 8.35. The third-order valence-corrected chi connectivity index (χ3v) is 9.28. The van der Waals surface area contributed by atoms with E-state index in [0.29, 0.717) is 6.61 Å². The highest BCUT2D eigenvalue weighted by molar-refractivity contribution is 7.75. The molecule has 0 spiro atoms. The van der Waals surface area contributed by atoms with Crippen LogP contribution in [0.25, 0.3) is 0 Å². The van der Waals surface area contributed by atoms with Crippen LogP contribution in [-0.4, -0.2) is 16.1 Å². The van der Waals surface area contributed by atoms with E-state index in [1.165, 1.54) is 21.2 Å². The zero-order chi connectivity index (χ0) is 18.0. The van der Waals surface area contributed by atoms with Gasteiger partial charge in [0.15, 0.2) is 0 Å². The zero-order valence-corrected chi connectivity index (χ0v) is 19.3. The first-order chi connectivity index (χ1) is 11.1. The van der Waals surface area contributed by atoms with Gasteiger partial charge in [0.25, 0.3) is 0 Å². The van der Waals surface area contributed by atoms with Crippen molar-refractivity contribution in [2.45, 2.75) is 45.9 Å². The first-order valence-corrected chi connectivity index (χ1v) is 17.4. The third-order valence-electron chi connectivity index (χ3n) is 4.09. The van der Waals surface area contributed by atoms with Gasteiger partial charge in [-0.05, 0) is 10.8 Å². The first kappa shape index (κ1) is 19.7. The van der Waals surface area contributed by atoms with Crippen LogP contribution in [0.4, 0.5) is 0 Å². The van der Waals surface area contributed by atoms with E-state index in [1.54, 1.807) is 0 Å². The molecule has 1 nitrogen and oxygen atoms in total. The predicted octanol–water partition coefficient (Wildman–Crippen LogP) is 4.81. The van der Waals surface area contributed by atoms with E-state index in [4.69, 9.17) is 16.0 Å². The lowest BCUT2D eigenvalue weighted by Gasteiger charge is -2.27. The molecule has 1 atom stereocenters. The molecule has 130 valence electrons. The monoisotopic (exact) mass is 394 g/mol. The van der Waals surface area contributed by atoms with Crippen molar-refractivity contribution in [2.24, 2.45) is 0 Å². The van der Waals surface area contributed by atoms with Crippen molar-refractivity contribution < 1.29 is 4.74 Å². The van der Waals surface area contributed by atoms with Crippen molar-refractivity contribution in [3.63, 3.8) is 0 Å². The van der Waals surface area contributed by atoms with Gasteiger partial charge in [0.05, 0.1) is 16.1 Å². The number of ether oxygens (including phenoxy) is 1. The Hall–Kier alpha value is -0.606. The van der Waals surface area contributed by atoms with Gasteiger partial charge in [-0.3, -0.25) is 0 Å². The molecule has 0 aliphatic rings. The van der Waals surface area contributed by atoms with Gasteiger partial charge in [-0.25, -0.2) is 0 Å². The largest absolute Gasteiger partial charge is 0.488 e. The van der Waals surface area contributed by atoms with Crippen LogP contribution in [0, 0.1) is 0 Å². The van der Waals surface area contributed by atoms with Crippen LogP contribution in [0.3, 0.4) is 0 Å². The van der Waals surface area contributed by atoms with Gasteiger partial charge in [-0.2, -0.15) is 0 Å². The molecule has 0 fully saturated rings. The van der Waals surface area contributed by atoms with Crippen LogP contribution in [-0.2, 0) is 6.61 Å². The van der Waals surface area contributed by atoms with Crippen LogP contribution in [0.15, 0.2) is 42.5 Å². The van der Waals surface area contributed by atoms with Crippen molar-refractivity contribution >= 4 is 51.0 Å². The summed E-state index contributed by atoms with van der Waals surface area (Å²) in [4.78, 5) is 0. The maximum Gasteiger partial charge on any atom is 0.127 e. The maximum atomic E-state index is 6.34. The highest BCUT2D eigenvalue weighted by Crippen LogP contribution is 2.25. The van der Waals surface area contributed by atoms with Crippen LogP contribution >= 0.6 is 19.2 Å². The van der Waals surface area contributed by atoms with E-state index in [0.717, 1.165) is 5.75 Å². The summed E-state index contributed by atoms with van der Waals surface area (Å²) in [6, 6.07) is 15.1.